The zero-order valence-corrected chi connectivity index (χ0v) is 24.5. The van der Waals surface area contributed by atoms with E-state index in [0.717, 1.165) is 34.9 Å². The lowest BCUT2D eigenvalue weighted by atomic mass is 9.94. The predicted molar refractivity (Wildman–Crippen MR) is 154 cm³/mol. The lowest BCUT2D eigenvalue weighted by Gasteiger charge is -2.42. The lowest BCUT2D eigenvalue weighted by molar-refractivity contribution is 0.0247. The summed E-state index contributed by atoms with van der Waals surface area (Å²) in [5.74, 6) is 0.0675. The molecule has 1 saturated carbocycles. The van der Waals surface area contributed by atoms with Crippen molar-refractivity contribution in [1.29, 1.82) is 0 Å². The maximum absolute atomic E-state index is 13.4. The van der Waals surface area contributed by atoms with Crippen molar-refractivity contribution >= 4 is 23.0 Å². The van der Waals surface area contributed by atoms with Gasteiger partial charge in [0, 0.05) is 43.8 Å². The zero-order chi connectivity index (χ0) is 29.5. The number of carbonyl (C=O) groups excluding carboxylic acids is 2. The van der Waals surface area contributed by atoms with Crippen LogP contribution in [0.15, 0.2) is 42.6 Å². The smallest absolute Gasteiger partial charge is 0.418 e. The van der Waals surface area contributed by atoms with Crippen LogP contribution in [0.25, 0.3) is 10.9 Å². The molecule has 0 bridgehead atoms. The summed E-state index contributed by atoms with van der Waals surface area (Å²) in [5, 5.41) is 1.02. The number of alkyl halides is 2. The van der Waals surface area contributed by atoms with Crippen molar-refractivity contribution in [1.82, 2.24) is 14.4 Å². The normalized spacial score (nSPS) is 18.7. The Labute approximate surface area is 240 Å². The second-order valence-electron chi connectivity index (χ2n) is 12.2. The predicted octanol–water partition coefficient (Wildman–Crippen LogP) is 6.52. The summed E-state index contributed by atoms with van der Waals surface area (Å²) < 4.78 is 38.8. The third kappa shape index (κ3) is 6.46. The Morgan fingerprint density at radius 2 is 1.78 bits per heavy atom. The average Bonchev–Trinajstić information content (AvgIpc) is 3.66. The first-order chi connectivity index (χ1) is 19.4. The molecule has 1 atom stereocenters. The van der Waals surface area contributed by atoms with Crippen LogP contribution in [0.5, 0.6) is 0 Å². The zero-order valence-electron chi connectivity index (χ0n) is 24.5. The maximum atomic E-state index is 13.4. The molecule has 2 heterocycles. The SMILES string of the molecule is COC(=O)c1ccc([C@H]2CN(CC(F)F)CCN2Cc2c(C3CC3)cc(C)c3c2ccn3C(=O)OC(C)(C)C)cc1. The number of benzene rings is 2. The third-order valence-corrected chi connectivity index (χ3v) is 7.96. The first-order valence-electron chi connectivity index (χ1n) is 14.2. The number of nitrogens with zero attached hydrogens (tertiary/aromatic N) is 3. The largest absolute Gasteiger partial charge is 0.465 e. The van der Waals surface area contributed by atoms with E-state index in [9.17, 15) is 18.4 Å². The van der Waals surface area contributed by atoms with E-state index < -0.39 is 24.1 Å². The Bertz CT molecular complexity index is 1420. The molecule has 2 fully saturated rings. The summed E-state index contributed by atoms with van der Waals surface area (Å²) in [6, 6.07) is 11.3. The number of methoxy groups -OCH3 is 1. The highest BCUT2D eigenvalue weighted by molar-refractivity contribution is 5.94. The van der Waals surface area contributed by atoms with Gasteiger partial charge in [0.15, 0.2) is 0 Å². The van der Waals surface area contributed by atoms with Gasteiger partial charge in [0.05, 0.1) is 24.7 Å². The van der Waals surface area contributed by atoms with Crippen molar-refractivity contribution in [3.8, 4) is 0 Å². The van der Waals surface area contributed by atoms with Crippen LogP contribution in [0.2, 0.25) is 0 Å². The molecule has 220 valence electrons. The van der Waals surface area contributed by atoms with Crippen molar-refractivity contribution in [3.63, 3.8) is 0 Å². The fourth-order valence-corrected chi connectivity index (χ4v) is 5.93. The van der Waals surface area contributed by atoms with E-state index in [1.807, 2.05) is 50.8 Å². The van der Waals surface area contributed by atoms with Crippen molar-refractivity contribution in [3.05, 3.63) is 70.4 Å². The van der Waals surface area contributed by atoms with Gasteiger partial charge in [-0.1, -0.05) is 18.2 Å². The Kier molecular flexibility index (Phi) is 8.21. The number of halogens is 2. The summed E-state index contributed by atoms with van der Waals surface area (Å²) >= 11 is 0. The Balaban J connectivity index is 1.53. The minimum Gasteiger partial charge on any atom is -0.465 e. The fourth-order valence-electron chi connectivity index (χ4n) is 5.93. The van der Waals surface area contributed by atoms with Crippen LogP contribution in [0, 0.1) is 6.92 Å². The topological polar surface area (TPSA) is 64.0 Å². The second kappa shape index (κ2) is 11.5. The van der Waals surface area contributed by atoms with Crippen LogP contribution in [-0.4, -0.2) is 71.7 Å². The van der Waals surface area contributed by atoms with Gasteiger partial charge in [0.25, 0.3) is 6.43 Å². The number of esters is 1. The average molecular weight is 568 g/mol. The summed E-state index contributed by atoms with van der Waals surface area (Å²) in [4.78, 5) is 29.3. The number of piperazine rings is 1. The highest BCUT2D eigenvalue weighted by Gasteiger charge is 2.34. The Morgan fingerprint density at radius 1 is 1.07 bits per heavy atom. The number of aryl methyl sites for hydroxylation is 1. The molecule has 0 amide bonds. The molecule has 7 nitrogen and oxygen atoms in total. The molecule has 9 heteroatoms. The van der Waals surface area contributed by atoms with Crippen molar-refractivity contribution < 1.29 is 27.8 Å². The molecule has 3 aromatic rings. The molecule has 0 radical (unpaired) electrons. The third-order valence-electron chi connectivity index (χ3n) is 7.96. The van der Waals surface area contributed by atoms with Crippen molar-refractivity contribution in [2.75, 3.05) is 33.3 Å². The highest BCUT2D eigenvalue weighted by atomic mass is 19.3. The minimum atomic E-state index is -2.41. The van der Waals surface area contributed by atoms with E-state index in [0.29, 0.717) is 37.7 Å². The van der Waals surface area contributed by atoms with Crippen molar-refractivity contribution in [2.45, 2.75) is 71.1 Å². The molecule has 2 aromatic carbocycles. The molecule has 1 aliphatic heterocycles. The summed E-state index contributed by atoms with van der Waals surface area (Å²) in [6.07, 6.45) is 1.23. The van der Waals surface area contributed by atoms with Gasteiger partial charge in [0.1, 0.15) is 5.60 Å². The van der Waals surface area contributed by atoms with Gasteiger partial charge >= 0.3 is 12.1 Å². The molecule has 5 rings (SSSR count). The van der Waals surface area contributed by atoms with Gasteiger partial charge in [-0.05, 0) is 86.9 Å². The molecule has 0 N–H and O–H groups in total. The lowest BCUT2D eigenvalue weighted by Crippen LogP contribution is -2.49. The molecule has 1 saturated heterocycles. The van der Waals surface area contributed by atoms with E-state index >= 15 is 0 Å². The van der Waals surface area contributed by atoms with E-state index in [1.54, 1.807) is 22.9 Å². The van der Waals surface area contributed by atoms with E-state index in [-0.39, 0.29) is 12.6 Å². The molecule has 1 aromatic heterocycles. The summed E-state index contributed by atoms with van der Waals surface area (Å²) in [5.41, 5.74) is 5.13. The van der Waals surface area contributed by atoms with Crippen molar-refractivity contribution in [2.24, 2.45) is 0 Å². The molecule has 0 unspecified atom stereocenters. The highest BCUT2D eigenvalue weighted by Crippen LogP contribution is 2.45. The van der Waals surface area contributed by atoms with Crippen LogP contribution in [0.3, 0.4) is 0 Å². The quantitative estimate of drug-likeness (QED) is 0.303. The Hall–Kier alpha value is -3.30. The molecular weight excluding hydrogens is 528 g/mol. The first kappa shape index (κ1) is 29.2. The molecule has 0 spiro atoms. The number of fused-ring (bicyclic) bond motifs is 1. The second-order valence-corrected chi connectivity index (χ2v) is 12.2. The maximum Gasteiger partial charge on any atom is 0.418 e. The van der Waals surface area contributed by atoms with Crippen LogP contribution in [-0.2, 0) is 16.0 Å². The minimum absolute atomic E-state index is 0.148. The van der Waals surface area contributed by atoms with E-state index in [4.69, 9.17) is 9.47 Å². The van der Waals surface area contributed by atoms with Crippen LogP contribution in [0.4, 0.5) is 13.6 Å². The number of carbonyl (C=O) groups is 2. The monoisotopic (exact) mass is 567 g/mol. The van der Waals surface area contributed by atoms with Gasteiger partial charge < -0.3 is 9.47 Å². The van der Waals surface area contributed by atoms with E-state index in [2.05, 4.69) is 11.0 Å². The Morgan fingerprint density at radius 3 is 2.39 bits per heavy atom. The number of hydrogen-bond acceptors (Lipinski definition) is 6. The molecule has 1 aliphatic carbocycles. The summed E-state index contributed by atoms with van der Waals surface area (Å²) in [6.45, 7) is 9.54. The van der Waals surface area contributed by atoms with Gasteiger partial charge in [-0.3, -0.25) is 14.4 Å². The molecule has 2 aliphatic rings. The van der Waals surface area contributed by atoms with Crippen LogP contribution in [0.1, 0.15) is 78.2 Å². The standard InChI is InChI=1S/C32H39F2N3O4/c1-20-16-25(21-6-7-21)26(24-12-13-37(29(20)24)31(39)41-32(2,3)4)17-36-15-14-35(19-28(33)34)18-27(36)22-8-10-23(11-9-22)30(38)40-5/h8-13,16,21,27-28H,6-7,14-15,17-19H2,1-5H3/t27-/m1/s1. The number of rotatable bonds is 7. The van der Waals surface area contributed by atoms with Gasteiger partial charge in [-0.25, -0.2) is 18.4 Å². The van der Waals surface area contributed by atoms with Crippen LogP contribution >= 0.6 is 0 Å². The molecular formula is C32H39F2N3O4. The van der Waals surface area contributed by atoms with Gasteiger partial charge in [0.2, 0.25) is 0 Å². The van der Waals surface area contributed by atoms with Gasteiger partial charge in [-0.2, -0.15) is 0 Å². The van der Waals surface area contributed by atoms with Gasteiger partial charge in [-0.15, -0.1) is 0 Å². The summed E-state index contributed by atoms with van der Waals surface area (Å²) in [7, 11) is 1.34. The fraction of sp³-hybridized carbons (Fsp3) is 0.500. The number of aromatic nitrogens is 1. The van der Waals surface area contributed by atoms with Crippen LogP contribution < -0.4 is 0 Å². The first-order valence-corrected chi connectivity index (χ1v) is 14.2. The molecule has 41 heavy (non-hydrogen) atoms. The number of hydrogen-bond donors (Lipinski definition) is 0. The number of ether oxygens (including phenoxy) is 2. The van der Waals surface area contributed by atoms with E-state index in [1.165, 1.54) is 18.2 Å².